The highest BCUT2D eigenvalue weighted by Crippen LogP contribution is 2.50. The number of rotatable bonds is 10. The van der Waals surface area contributed by atoms with Crippen molar-refractivity contribution in [2.75, 3.05) is 36.1 Å². The van der Waals surface area contributed by atoms with Crippen LogP contribution in [0.15, 0.2) is 144 Å². The maximum absolute atomic E-state index is 11.8. The normalized spacial score (nSPS) is 19.3. The monoisotopic (exact) mass is 814 g/mol. The molecule has 0 spiro atoms. The molecule has 7 nitrogen and oxygen atoms in total. The number of ether oxygens (including phenoxy) is 2. The second-order valence-electron chi connectivity index (χ2n) is 15.9. The van der Waals surface area contributed by atoms with Gasteiger partial charge in [0.2, 0.25) is 17.1 Å². The summed E-state index contributed by atoms with van der Waals surface area (Å²) in [6, 6.07) is 33.0. The zero-order valence-electron chi connectivity index (χ0n) is 34.0. The van der Waals surface area contributed by atoms with Gasteiger partial charge in [0.1, 0.15) is 13.2 Å². The van der Waals surface area contributed by atoms with E-state index < -0.39 is 0 Å². The van der Waals surface area contributed by atoms with Crippen LogP contribution in [-0.2, 0) is 29.9 Å². The average molecular weight is 816 g/mol. The number of nitrogens with zero attached hydrogens (tertiary/aromatic N) is 3. The molecule has 0 atom stereocenters. The molecule has 0 saturated heterocycles. The van der Waals surface area contributed by atoms with Crippen LogP contribution in [0, 0.1) is 0 Å². The van der Waals surface area contributed by atoms with E-state index in [1.165, 1.54) is 25.0 Å². The molecular formula is C49H50Cl2N3O4+. The van der Waals surface area contributed by atoms with Gasteiger partial charge in [0.25, 0.3) is 0 Å². The van der Waals surface area contributed by atoms with Crippen molar-refractivity contribution in [3.63, 3.8) is 0 Å². The lowest BCUT2D eigenvalue weighted by Gasteiger charge is -2.27. The van der Waals surface area contributed by atoms with Crippen LogP contribution in [0.3, 0.4) is 0 Å². The SMILES string of the molecule is CC(=O)OCCN1C(=CC=C2CCC(=CC=C3N(CCOC(C)=O)c4ccc(Cl)cc4C3(C)C)C2=[N+](c2ccccc2)c2ccccc2)C(C)(C)c2cc(Cl)ccc21. The van der Waals surface area contributed by atoms with Crippen LogP contribution in [-0.4, -0.2) is 44.0 Å². The lowest BCUT2D eigenvalue weighted by atomic mass is 9.83. The molecule has 0 radical (unpaired) electrons. The van der Waals surface area contributed by atoms with Gasteiger partial charge in [0.15, 0.2) is 0 Å². The number of carbonyl (C=O) groups is 2. The summed E-state index contributed by atoms with van der Waals surface area (Å²) in [5.74, 6) is -0.602. The third kappa shape index (κ3) is 8.16. The van der Waals surface area contributed by atoms with Gasteiger partial charge in [0, 0.05) is 92.9 Å². The third-order valence-electron chi connectivity index (χ3n) is 11.4. The molecule has 0 unspecified atom stereocenters. The summed E-state index contributed by atoms with van der Waals surface area (Å²) in [6.45, 7) is 13.3. The molecule has 0 N–H and O–H groups in total. The number of benzene rings is 4. The highest BCUT2D eigenvalue weighted by Gasteiger charge is 2.42. The Labute approximate surface area is 352 Å². The Morgan fingerprint density at radius 1 is 0.621 bits per heavy atom. The molecule has 2 heterocycles. The number of hydrogen-bond donors (Lipinski definition) is 0. The van der Waals surface area contributed by atoms with E-state index in [1.807, 2.05) is 36.4 Å². The number of para-hydroxylation sites is 2. The van der Waals surface area contributed by atoms with Gasteiger partial charge in [-0.25, -0.2) is 0 Å². The average Bonchev–Trinajstić information content (AvgIpc) is 3.74. The predicted octanol–water partition coefficient (Wildman–Crippen LogP) is 11.4. The molecule has 2 aliphatic heterocycles. The second-order valence-corrected chi connectivity index (χ2v) is 16.8. The Bertz CT molecular complexity index is 2230. The molecule has 7 rings (SSSR count). The Balaban J connectivity index is 1.40. The van der Waals surface area contributed by atoms with Crippen LogP contribution in [0.1, 0.15) is 65.5 Å². The lowest BCUT2D eigenvalue weighted by molar-refractivity contribution is -0.141. The Morgan fingerprint density at radius 3 is 1.40 bits per heavy atom. The predicted molar refractivity (Wildman–Crippen MR) is 238 cm³/mol. The first-order valence-electron chi connectivity index (χ1n) is 19.8. The van der Waals surface area contributed by atoms with Crippen LogP contribution in [0.4, 0.5) is 22.7 Å². The van der Waals surface area contributed by atoms with E-state index in [9.17, 15) is 9.59 Å². The Hall–Kier alpha value is -5.37. The zero-order valence-corrected chi connectivity index (χ0v) is 35.5. The van der Waals surface area contributed by atoms with Crippen molar-refractivity contribution in [1.82, 2.24) is 4.58 Å². The largest absolute Gasteiger partial charge is 0.464 e. The third-order valence-corrected chi connectivity index (χ3v) is 11.8. The Morgan fingerprint density at radius 2 is 1.02 bits per heavy atom. The molecule has 4 aromatic rings. The van der Waals surface area contributed by atoms with Crippen molar-refractivity contribution in [3.8, 4) is 0 Å². The topological polar surface area (TPSA) is 62.1 Å². The minimum atomic E-state index is -0.366. The minimum absolute atomic E-state index is 0.264. The fraction of sp³-hybridized carbons (Fsp3) is 0.286. The summed E-state index contributed by atoms with van der Waals surface area (Å²) < 4.78 is 13.2. The molecule has 58 heavy (non-hydrogen) atoms. The fourth-order valence-electron chi connectivity index (χ4n) is 8.58. The summed E-state index contributed by atoms with van der Waals surface area (Å²) in [7, 11) is 0. The van der Waals surface area contributed by atoms with E-state index >= 15 is 0 Å². The van der Waals surface area contributed by atoms with Gasteiger partial charge in [-0.1, -0.05) is 99.4 Å². The maximum Gasteiger partial charge on any atom is 0.302 e. The zero-order chi connectivity index (χ0) is 41.2. The molecule has 0 amide bonds. The molecule has 1 aliphatic carbocycles. The highest BCUT2D eigenvalue weighted by atomic mass is 35.5. The van der Waals surface area contributed by atoms with Gasteiger partial charge in [0.05, 0.1) is 13.1 Å². The number of esters is 2. The number of carbonyl (C=O) groups excluding carboxylic acids is 2. The Kier molecular flexibility index (Phi) is 11.9. The maximum atomic E-state index is 11.8. The first-order valence-corrected chi connectivity index (χ1v) is 20.6. The van der Waals surface area contributed by atoms with Crippen LogP contribution in [0.2, 0.25) is 10.0 Å². The smallest absolute Gasteiger partial charge is 0.302 e. The summed E-state index contributed by atoms with van der Waals surface area (Å²) in [5, 5.41) is 1.37. The molecule has 9 heteroatoms. The van der Waals surface area contributed by atoms with Gasteiger partial charge in [-0.2, -0.15) is 4.58 Å². The summed E-state index contributed by atoms with van der Waals surface area (Å²) in [6.07, 6.45) is 10.7. The van der Waals surface area contributed by atoms with Crippen LogP contribution >= 0.6 is 23.2 Å². The van der Waals surface area contributed by atoms with E-state index in [4.69, 9.17) is 32.7 Å². The van der Waals surface area contributed by atoms with Gasteiger partial charge in [-0.3, -0.25) is 9.59 Å². The van der Waals surface area contributed by atoms with Gasteiger partial charge in [-0.05, 0) is 72.5 Å². The van der Waals surface area contributed by atoms with Gasteiger partial charge >= 0.3 is 11.9 Å². The number of fused-ring (bicyclic) bond motifs is 2. The number of anilines is 2. The molecule has 1 fully saturated rings. The molecule has 3 aliphatic rings. The van der Waals surface area contributed by atoms with Crippen molar-refractivity contribution in [2.24, 2.45) is 0 Å². The molecule has 0 bridgehead atoms. The van der Waals surface area contributed by atoms with E-state index in [-0.39, 0.29) is 36.0 Å². The fourth-order valence-corrected chi connectivity index (χ4v) is 8.93. The summed E-state index contributed by atoms with van der Waals surface area (Å²) in [4.78, 5) is 28.1. The van der Waals surface area contributed by atoms with Gasteiger partial charge in [-0.15, -0.1) is 0 Å². The van der Waals surface area contributed by atoms with Crippen molar-refractivity contribution >= 4 is 63.6 Å². The molecular weight excluding hydrogens is 765 g/mol. The summed E-state index contributed by atoms with van der Waals surface area (Å²) >= 11 is 13.1. The minimum Gasteiger partial charge on any atom is -0.464 e. The first-order chi connectivity index (χ1) is 27.8. The van der Waals surface area contributed by atoms with Crippen molar-refractivity contribution < 1.29 is 19.1 Å². The first kappa shape index (κ1) is 40.8. The lowest BCUT2D eigenvalue weighted by Crippen LogP contribution is -2.29. The van der Waals surface area contributed by atoms with E-state index in [0.29, 0.717) is 23.1 Å². The summed E-state index contributed by atoms with van der Waals surface area (Å²) in [5.41, 5.74) is 11.5. The molecule has 1 saturated carbocycles. The number of hydrogen-bond acceptors (Lipinski definition) is 6. The second kappa shape index (κ2) is 16.8. The van der Waals surface area contributed by atoms with Crippen molar-refractivity contribution in [3.05, 3.63) is 165 Å². The van der Waals surface area contributed by atoms with E-state index in [0.717, 1.165) is 63.8 Å². The van der Waals surface area contributed by atoms with E-state index in [2.05, 4.69) is 127 Å². The highest BCUT2D eigenvalue weighted by molar-refractivity contribution is 6.31. The van der Waals surface area contributed by atoms with Crippen molar-refractivity contribution in [1.29, 1.82) is 0 Å². The molecule has 0 aromatic heterocycles. The van der Waals surface area contributed by atoms with E-state index in [1.54, 1.807) is 0 Å². The quantitative estimate of drug-likeness (QED) is 0.117. The van der Waals surface area contributed by atoms with Crippen molar-refractivity contribution in [2.45, 2.75) is 65.2 Å². The van der Waals surface area contributed by atoms with Crippen LogP contribution in [0.5, 0.6) is 0 Å². The van der Waals surface area contributed by atoms with Crippen LogP contribution < -0.4 is 14.4 Å². The molecule has 298 valence electrons. The number of allylic oxidation sites excluding steroid dienone is 8. The standard InChI is InChI=1S/C49H50Cl2N3O4/c1-33(55)57-29-27-52-43-23-21-37(50)31-41(43)48(3,4)45(52)25-19-35-17-18-36(47(35)54(39-13-9-7-10-14-39)40-15-11-8-12-16-40)20-26-46-49(5,6)42-32-38(51)22-24-44(42)53(46)28-30-58-34(2)56/h7-16,19-26,31-32H,17-18,27-30H2,1-6H3/q+1. The number of halogens is 2. The molecule has 4 aromatic carbocycles. The van der Waals surface area contributed by atoms with Crippen LogP contribution in [0.25, 0.3) is 0 Å². The van der Waals surface area contributed by atoms with Gasteiger partial charge < -0.3 is 19.3 Å².